The van der Waals surface area contributed by atoms with Crippen molar-refractivity contribution in [2.75, 3.05) is 0 Å². The Bertz CT molecular complexity index is 410. The lowest BCUT2D eigenvalue weighted by Gasteiger charge is -2.18. The van der Waals surface area contributed by atoms with Crippen LogP contribution in [0.25, 0.3) is 6.08 Å². The average Bonchev–Trinajstić information content (AvgIpc) is 2.15. The third-order valence-corrected chi connectivity index (χ3v) is 2.03. The molecule has 0 aromatic heterocycles. The van der Waals surface area contributed by atoms with Crippen molar-refractivity contribution in [1.29, 1.82) is 0 Å². The van der Waals surface area contributed by atoms with Crippen LogP contribution in [0.3, 0.4) is 0 Å². The molecule has 2 rings (SSSR count). The van der Waals surface area contributed by atoms with E-state index in [9.17, 15) is 13.2 Å². The molecule has 1 unspecified atom stereocenters. The number of ether oxygens (including phenoxy) is 1. The SMILES string of the molecule is OC1C=Cc2cc(C(F)(F)F)ccc2O1. The first-order valence-corrected chi connectivity index (χ1v) is 4.21. The maximum absolute atomic E-state index is 12.3. The van der Waals surface area contributed by atoms with Gasteiger partial charge in [-0.15, -0.1) is 0 Å². The van der Waals surface area contributed by atoms with Gasteiger partial charge in [-0.3, -0.25) is 0 Å². The van der Waals surface area contributed by atoms with E-state index in [-0.39, 0.29) is 5.75 Å². The molecule has 0 aliphatic carbocycles. The Morgan fingerprint density at radius 3 is 2.67 bits per heavy atom. The predicted octanol–water partition coefficient (Wildman–Crippen LogP) is 2.43. The number of halogens is 3. The van der Waals surface area contributed by atoms with E-state index in [1.54, 1.807) is 0 Å². The highest BCUT2D eigenvalue weighted by Crippen LogP contribution is 2.34. The first-order valence-electron chi connectivity index (χ1n) is 4.21. The van der Waals surface area contributed by atoms with Gasteiger partial charge < -0.3 is 9.84 Å². The van der Waals surface area contributed by atoms with Crippen molar-refractivity contribution in [3.05, 3.63) is 35.4 Å². The van der Waals surface area contributed by atoms with Crippen molar-refractivity contribution in [2.45, 2.75) is 12.5 Å². The second kappa shape index (κ2) is 3.27. The number of aliphatic hydroxyl groups excluding tert-OH is 1. The predicted molar refractivity (Wildman–Crippen MR) is 47.1 cm³/mol. The molecule has 0 radical (unpaired) electrons. The van der Waals surface area contributed by atoms with Crippen LogP contribution >= 0.6 is 0 Å². The van der Waals surface area contributed by atoms with Gasteiger partial charge in [0.05, 0.1) is 5.56 Å². The fourth-order valence-electron chi connectivity index (χ4n) is 1.32. The van der Waals surface area contributed by atoms with E-state index < -0.39 is 18.0 Å². The third kappa shape index (κ3) is 1.97. The van der Waals surface area contributed by atoms with Gasteiger partial charge in [-0.05, 0) is 30.4 Å². The number of benzene rings is 1. The van der Waals surface area contributed by atoms with Crippen molar-refractivity contribution in [2.24, 2.45) is 0 Å². The van der Waals surface area contributed by atoms with Gasteiger partial charge in [0.1, 0.15) is 5.75 Å². The zero-order valence-electron chi connectivity index (χ0n) is 7.45. The van der Waals surface area contributed by atoms with Crippen LogP contribution in [0, 0.1) is 0 Å². The van der Waals surface area contributed by atoms with Crippen molar-refractivity contribution >= 4 is 6.08 Å². The maximum atomic E-state index is 12.3. The van der Waals surface area contributed by atoms with E-state index in [1.165, 1.54) is 18.2 Å². The number of hydrogen-bond acceptors (Lipinski definition) is 2. The van der Waals surface area contributed by atoms with E-state index in [0.717, 1.165) is 12.1 Å². The lowest BCUT2D eigenvalue weighted by atomic mass is 10.1. The van der Waals surface area contributed by atoms with Crippen LogP contribution < -0.4 is 4.74 Å². The minimum atomic E-state index is -4.36. The normalized spacial score (nSPS) is 19.6. The summed E-state index contributed by atoms with van der Waals surface area (Å²) in [5.74, 6) is 0.248. The van der Waals surface area contributed by atoms with Crippen molar-refractivity contribution < 1.29 is 23.0 Å². The van der Waals surface area contributed by atoms with Crippen LogP contribution in [0.5, 0.6) is 5.75 Å². The standard InChI is InChI=1S/C10H7F3O2/c11-10(12,13)7-2-3-8-6(5-7)1-4-9(14)15-8/h1-5,9,14H. The van der Waals surface area contributed by atoms with Gasteiger partial charge in [0.2, 0.25) is 6.29 Å². The molecule has 5 heteroatoms. The number of rotatable bonds is 0. The molecule has 0 bridgehead atoms. The van der Waals surface area contributed by atoms with Crippen LogP contribution in [0.15, 0.2) is 24.3 Å². The molecule has 1 aromatic carbocycles. The minimum absolute atomic E-state index is 0.248. The Kier molecular flexibility index (Phi) is 2.19. The van der Waals surface area contributed by atoms with E-state index in [4.69, 9.17) is 9.84 Å². The monoisotopic (exact) mass is 216 g/mol. The third-order valence-electron chi connectivity index (χ3n) is 2.03. The summed E-state index contributed by atoms with van der Waals surface area (Å²) >= 11 is 0. The van der Waals surface area contributed by atoms with E-state index >= 15 is 0 Å². The fourth-order valence-corrected chi connectivity index (χ4v) is 1.32. The molecule has 0 fully saturated rings. The molecule has 1 N–H and O–H groups in total. The fraction of sp³-hybridized carbons (Fsp3) is 0.200. The molecule has 1 heterocycles. The van der Waals surface area contributed by atoms with Gasteiger partial charge >= 0.3 is 6.18 Å². The van der Waals surface area contributed by atoms with Gasteiger partial charge in [0.15, 0.2) is 0 Å². The lowest BCUT2D eigenvalue weighted by molar-refractivity contribution is -0.137. The maximum Gasteiger partial charge on any atom is 0.416 e. The minimum Gasteiger partial charge on any atom is -0.461 e. The summed E-state index contributed by atoms with van der Waals surface area (Å²) in [6.45, 7) is 0. The van der Waals surface area contributed by atoms with Gasteiger partial charge in [-0.25, -0.2) is 0 Å². The number of aliphatic hydroxyl groups is 1. The Morgan fingerprint density at radius 1 is 1.27 bits per heavy atom. The van der Waals surface area contributed by atoms with Crippen LogP contribution in [-0.4, -0.2) is 11.4 Å². The Labute approximate surface area is 83.6 Å². The van der Waals surface area contributed by atoms with Crippen LogP contribution in [0.2, 0.25) is 0 Å². The Morgan fingerprint density at radius 2 is 2.00 bits per heavy atom. The summed E-state index contributed by atoms with van der Waals surface area (Å²) in [5, 5.41) is 9.05. The zero-order chi connectivity index (χ0) is 11.1. The average molecular weight is 216 g/mol. The highest BCUT2D eigenvalue weighted by atomic mass is 19.4. The van der Waals surface area contributed by atoms with E-state index in [1.807, 2.05) is 0 Å². The molecule has 0 amide bonds. The van der Waals surface area contributed by atoms with Gasteiger partial charge in [-0.1, -0.05) is 0 Å². The van der Waals surface area contributed by atoms with Gasteiger partial charge in [0, 0.05) is 5.56 Å². The summed E-state index contributed by atoms with van der Waals surface area (Å²) in [6, 6.07) is 3.10. The number of alkyl halides is 3. The molecule has 15 heavy (non-hydrogen) atoms. The summed E-state index contributed by atoms with van der Waals surface area (Å²) in [7, 11) is 0. The van der Waals surface area contributed by atoms with Crippen LogP contribution in [0.1, 0.15) is 11.1 Å². The lowest BCUT2D eigenvalue weighted by Crippen LogP contribution is -2.16. The molecule has 1 aliphatic heterocycles. The topological polar surface area (TPSA) is 29.5 Å². The Balaban J connectivity index is 2.42. The quantitative estimate of drug-likeness (QED) is 0.721. The molecular weight excluding hydrogens is 209 g/mol. The molecule has 1 aromatic rings. The number of fused-ring (bicyclic) bond motifs is 1. The second-order valence-corrected chi connectivity index (χ2v) is 3.12. The van der Waals surface area contributed by atoms with Crippen molar-refractivity contribution in [3.8, 4) is 5.75 Å². The molecule has 0 saturated heterocycles. The van der Waals surface area contributed by atoms with E-state index in [0.29, 0.717) is 5.56 Å². The van der Waals surface area contributed by atoms with Crippen molar-refractivity contribution in [1.82, 2.24) is 0 Å². The van der Waals surface area contributed by atoms with Crippen molar-refractivity contribution in [3.63, 3.8) is 0 Å². The highest BCUT2D eigenvalue weighted by Gasteiger charge is 2.31. The molecule has 1 atom stereocenters. The zero-order valence-corrected chi connectivity index (χ0v) is 7.45. The summed E-state index contributed by atoms with van der Waals surface area (Å²) < 4.78 is 41.9. The molecule has 80 valence electrons. The number of hydrogen-bond donors (Lipinski definition) is 1. The smallest absolute Gasteiger partial charge is 0.416 e. The second-order valence-electron chi connectivity index (χ2n) is 3.12. The molecule has 1 aliphatic rings. The molecule has 2 nitrogen and oxygen atoms in total. The van der Waals surface area contributed by atoms with Crippen LogP contribution in [0.4, 0.5) is 13.2 Å². The Hall–Kier alpha value is -1.49. The first kappa shape index (κ1) is 10.0. The highest BCUT2D eigenvalue weighted by molar-refractivity contribution is 5.60. The summed E-state index contributed by atoms with van der Waals surface area (Å²) in [4.78, 5) is 0. The largest absolute Gasteiger partial charge is 0.461 e. The molecule has 0 saturated carbocycles. The molecular formula is C10H7F3O2. The van der Waals surface area contributed by atoms with E-state index in [2.05, 4.69) is 0 Å². The van der Waals surface area contributed by atoms with Gasteiger partial charge in [0.25, 0.3) is 0 Å². The van der Waals surface area contributed by atoms with Gasteiger partial charge in [-0.2, -0.15) is 13.2 Å². The first-order chi connectivity index (χ1) is 6.97. The summed E-state index contributed by atoms with van der Waals surface area (Å²) in [6.07, 6.45) is -2.77. The molecule has 0 spiro atoms. The summed E-state index contributed by atoms with van der Waals surface area (Å²) in [5.41, 5.74) is -0.416. The van der Waals surface area contributed by atoms with Crippen LogP contribution in [-0.2, 0) is 6.18 Å².